The van der Waals surface area contributed by atoms with Gasteiger partial charge in [0.05, 0.1) is 6.21 Å². The maximum Gasteiger partial charge on any atom is 0.271 e. The van der Waals surface area contributed by atoms with Crippen LogP contribution in [0.15, 0.2) is 5.10 Å². The predicted molar refractivity (Wildman–Crippen MR) is 36.7 cm³/mol. The van der Waals surface area contributed by atoms with Crippen molar-refractivity contribution in [2.75, 3.05) is 0 Å². The first-order chi connectivity index (χ1) is 5.23. The molecule has 1 atom stereocenters. The minimum Gasteiger partial charge on any atom is -0.337 e. The molecule has 11 heavy (non-hydrogen) atoms. The summed E-state index contributed by atoms with van der Waals surface area (Å²) < 4.78 is 0. The van der Waals surface area contributed by atoms with E-state index in [4.69, 9.17) is 0 Å². The van der Waals surface area contributed by atoms with Crippen LogP contribution in [-0.2, 0) is 9.59 Å². The van der Waals surface area contributed by atoms with Crippen LogP contribution in [-0.4, -0.2) is 23.6 Å². The number of carbonyl (C=O) groups excluding carboxylic acids is 2. The number of nitrogens with one attached hydrogen (secondary N) is 2. The van der Waals surface area contributed by atoms with Gasteiger partial charge in [-0.2, -0.15) is 5.10 Å². The second kappa shape index (κ2) is 1.81. The summed E-state index contributed by atoms with van der Waals surface area (Å²) in [4.78, 5) is 21.9. The first kappa shape index (κ1) is 6.33. The summed E-state index contributed by atoms with van der Waals surface area (Å²) in [7, 11) is 0. The molecule has 0 aromatic heterocycles. The van der Waals surface area contributed by atoms with E-state index in [1.54, 1.807) is 0 Å². The van der Waals surface area contributed by atoms with Crippen molar-refractivity contribution in [2.45, 2.75) is 18.4 Å². The zero-order chi connectivity index (χ0) is 7.90. The largest absolute Gasteiger partial charge is 0.337 e. The van der Waals surface area contributed by atoms with Crippen molar-refractivity contribution in [2.24, 2.45) is 5.10 Å². The normalized spacial score (nSPS) is 34.5. The van der Waals surface area contributed by atoms with E-state index in [-0.39, 0.29) is 11.8 Å². The number of amides is 2. The van der Waals surface area contributed by atoms with Crippen LogP contribution in [0.3, 0.4) is 0 Å². The molecule has 1 fully saturated rings. The van der Waals surface area contributed by atoms with Gasteiger partial charge in [-0.25, -0.2) is 5.43 Å². The SMILES string of the molecule is O=C1CCC2(C=NNC2=O)N1. The third-order valence-corrected chi connectivity index (χ3v) is 1.97. The first-order valence-corrected chi connectivity index (χ1v) is 3.39. The summed E-state index contributed by atoms with van der Waals surface area (Å²) in [6.45, 7) is 0. The van der Waals surface area contributed by atoms with Crippen molar-refractivity contribution in [1.82, 2.24) is 10.7 Å². The number of hydrogen-bond acceptors (Lipinski definition) is 3. The third kappa shape index (κ3) is 0.736. The molecule has 2 amide bonds. The fourth-order valence-corrected chi connectivity index (χ4v) is 1.31. The van der Waals surface area contributed by atoms with Gasteiger partial charge in [-0.15, -0.1) is 0 Å². The number of hydrogen-bond donors (Lipinski definition) is 2. The molecular formula is C6H7N3O2. The van der Waals surface area contributed by atoms with Crippen molar-refractivity contribution in [3.05, 3.63) is 0 Å². The highest BCUT2D eigenvalue weighted by Gasteiger charge is 2.45. The Balaban J connectivity index is 2.29. The fraction of sp³-hybridized carbons (Fsp3) is 0.500. The number of rotatable bonds is 0. The average molecular weight is 153 g/mol. The van der Waals surface area contributed by atoms with Gasteiger partial charge in [0.2, 0.25) is 5.91 Å². The standard InChI is InChI=1S/C6H7N3O2/c10-4-1-2-6(8-4)3-7-9-5(6)11/h3H,1-2H2,(H,8,10)(H,9,11). The Morgan fingerprint density at radius 3 is 2.82 bits per heavy atom. The zero-order valence-corrected chi connectivity index (χ0v) is 5.76. The Kier molecular flexibility index (Phi) is 1.04. The minimum absolute atomic E-state index is 0.0894. The lowest BCUT2D eigenvalue weighted by atomic mass is 10.00. The smallest absolute Gasteiger partial charge is 0.271 e. The Bertz CT molecular complexity index is 261. The van der Waals surface area contributed by atoms with E-state index >= 15 is 0 Å². The second-order valence-corrected chi connectivity index (χ2v) is 2.72. The van der Waals surface area contributed by atoms with Gasteiger partial charge < -0.3 is 5.32 Å². The van der Waals surface area contributed by atoms with E-state index in [1.807, 2.05) is 0 Å². The van der Waals surface area contributed by atoms with Crippen LogP contribution in [0.25, 0.3) is 0 Å². The van der Waals surface area contributed by atoms with E-state index in [0.717, 1.165) is 0 Å². The average Bonchev–Trinajstić information content (AvgIpc) is 2.46. The van der Waals surface area contributed by atoms with E-state index in [2.05, 4.69) is 15.8 Å². The van der Waals surface area contributed by atoms with Gasteiger partial charge in [0.1, 0.15) is 0 Å². The van der Waals surface area contributed by atoms with Gasteiger partial charge in [-0.05, 0) is 6.42 Å². The molecule has 2 aliphatic rings. The highest BCUT2D eigenvalue weighted by atomic mass is 16.2. The van der Waals surface area contributed by atoms with Crippen LogP contribution in [0.1, 0.15) is 12.8 Å². The summed E-state index contributed by atoms with van der Waals surface area (Å²) in [5.74, 6) is -0.322. The van der Waals surface area contributed by atoms with Crippen molar-refractivity contribution in [1.29, 1.82) is 0 Å². The van der Waals surface area contributed by atoms with Crippen LogP contribution < -0.4 is 10.7 Å². The van der Waals surface area contributed by atoms with Crippen molar-refractivity contribution < 1.29 is 9.59 Å². The Morgan fingerprint density at radius 1 is 1.55 bits per heavy atom. The summed E-state index contributed by atoms with van der Waals surface area (Å²) >= 11 is 0. The van der Waals surface area contributed by atoms with Crippen LogP contribution in [0, 0.1) is 0 Å². The fourth-order valence-electron chi connectivity index (χ4n) is 1.31. The van der Waals surface area contributed by atoms with Crippen molar-refractivity contribution in [3.63, 3.8) is 0 Å². The molecule has 0 radical (unpaired) electrons. The summed E-state index contributed by atoms with van der Waals surface area (Å²) in [6, 6.07) is 0. The molecule has 1 unspecified atom stereocenters. The second-order valence-electron chi connectivity index (χ2n) is 2.72. The molecule has 0 aromatic rings. The first-order valence-electron chi connectivity index (χ1n) is 3.39. The Morgan fingerprint density at radius 2 is 2.36 bits per heavy atom. The molecule has 2 aliphatic heterocycles. The molecule has 58 valence electrons. The zero-order valence-electron chi connectivity index (χ0n) is 5.76. The maximum absolute atomic E-state index is 11.1. The lowest BCUT2D eigenvalue weighted by molar-refractivity contribution is -0.126. The van der Waals surface area contributed by atoms with Crippen LogP contribution in [0.4, 0.5) is 0 Å². The molecule has 1 saturated heterocycles. The van der Waals surface area contributed by atoms with Crippen molar-refractivity contribution >= 4 is 18.0 Å². The van der Waals surface area contributed by atoms with Crippen molar-refractivity contribution in [3.8, 4) is 0 Å². The number of carbonyl (C=O) groups is 2. The topological polar surface area (TPSA) is 70.6 Å². The number of nitrogens with zero attached hydrogens (tertiary/aromatic N) is 1. The third-order valence-electron chi connectivity index (χ3n) is 1.97. The van der Waals surface area contributed by atoms with Gasteiger partial charge in [-0.3, -0.25) is 9.59 Å². The molecular weight excluding hydrogens is 146 g/mol. The van der Waals surface area contributed by atoms with E-state index in [0.29, 0.717) is 12.8 Å². The molecule has 0 aliphatic carbocycles. The summed E-state index contributed by atoms with van der Waals surface area (Å²) in [5.41, 5.74) is 1.47. The quantitative estimate of drug-likeness (QED) is 0.456. The molecule has 2 rings (SSSR count). The van der Waals surface area contributed by atoms with Gasteiger partial charge >= 0.3 is 0 Å². The lowest BCUT2D eigenvalue weighted by Crippen LogP contribution is -2.50. The molecule has 0 bridgehead atoms. The van der Waals surface area contributed by atoms with E-state index < -0.39 is 5.54 Å². The maximum atomic E-state index is 11.1. The van der Waals surface area contributed by atoms with E-state index in [1.165, 1.54) is 6.21 Å². The van der Waals surface area contributed by atoms with Gasteiger partial charge in [-0.1, -0.05) is 0 Å². The van der Waals surface area contributed by atoms with Crippen LogP contribution >= 0.6 is 0 Å². The molecule has 0 aromatic carbocycles. The lowest BCUT2D eigenvalue weighted by Gasteiger charge is -2.14. The molecule has 5 heteroatoms. The molecule has 0 saturated carbocycles. The summed E-state index contributed by atoms with van der Waals surface area (Å²) in [6.07, 6.45) is 2.38. The highest BCUT2D eigenvalue weighted by molar-refractivity contribution is 6.11. The van der Waals surface area contributed by atoms with E-state index in [9.17, 15) is 9.59 Å². The molecule has 2 N–H and O–H groups in total. The summed E-state index contributed by atoms with van der Waals surface area (Å²) in [5, 5.41) is 6.17. The highest BCUT2D eigenvalue weighted by Crippen LogP contribution is 2.20. The van der Waals surface area contributed by atoms with Crippen LogP contribution in [0.5, 0.6) is 0 Å². The monoisotopic (exact) mass is 153 g/mol. The minimum atomic E-state index is -0.822. The molecule has 5 nitrogen and oxygen atoms in total. The molecule has 2 heterocycles. The Hall–Kier alpha value is -1.39. The van der Waals surface area contributed by atoms with Gasteiger partial charge in [0.25, 0.3) is 5.91 Å². The number of hydrazone groups is 1. The Labute approximate surface area is 62.8 Å². The van der Waals surface area contributed by atoms with Crippen LogP contribution in [0.2, 0.25) is 0 Å². The van der Waals surface area contributed by atoms with Gasteiger partial charge in [0.15, 0.2) is 5.54 Å². The van der Waals surface area contributed by atoms with Gasteiger partial charge in [0, 0.05) is 6.42 Å². The predicted octanol–water partition coefficient (Wildman–Crippen LogP) is -1.25. The molecule has 1 spiro atoms.